The van der Waals surface area contributed by atoms with Crippen molar-refractivity contribution in [2.24, 2.45) is 0 Å². The Bertz CT molecular complexity index is 4080. The number of rotatable bonds is 5. The Balaban J connectivity index is 1.12. The molecule has 1 aromatic heterocycles. The SMILES string of the molecule is CC(C)(C)c1ccc(N2c3cc4c(cc3B3c5c2cc2ccccc2c5-c2cc(N(c5ccccc5)c5ccccc5)cc5c6c(n3c25)-c2ccccc2C6(C)C)Sc2ccccc2S4)c(-c2ccccc2)c1. The minimum Gasteiger partial charge on any atom is -0.375 e. The molecule has 0 radical (unpaired) electrons. The molecule has 0 amide bonds. The second-order valence-corrected chi connectivity index (χ2v) is 23.8. The number of hydrogen-bond acceptors (Lipinski definition) is 4. The molecular weight excluding hydrogens is 922 g/mol. The van der Waals surface area contributed by atoms with Gasteiger partial charge < -0.3 is 14.3 Å². The van der Waals surface area contributed by atoms with Crippen molar-refractivity contribution in [1.29, 1.82) is 0 Å². The van der Waals surface area contributed by atoms with E-state index in [1.165, 1.54) is 119 Å². The van der Waals surface area contributed by atoms with Gasteiger partial charge in [0.15, 0.2) is 0 Å². The van der Waals surface area contributed by atoms with Crippen molar-refractivity contribution in [1.82, 2.24) is 4.48 Å². The van der Waals surface area contributed by atoms with Crippen LogP contribution >= 0.6 is 23.5 Å². The summed E-state index contributed by atoms with van der Waals surface area (Å²) in [6.45, 7) is 11.8. The lowest BCUT2D eigenvalue weighted by Crippen LogP contribution is -2.57. The van der Waals surface area contributed by atoms with Crippen molar-refractivity contribution in [3.05, 3.63) is 229 Å². The lowest BCUT2D eigenvalue weighted by Gasteiger charge is -2.43. The lowest BCUT2D eigenvalue weighted by atomic mass is 9.44. The number of anilines is 6. The Kier molecular flexibility index (Phi) is 9.24. The Morgan fingerprint density at radius 3 is 1.84 bits per heavy atom. The van der Waals surface area contributed by atoms with Gasteiger partial charge in [-0.1, -0.05) is 192 Å². The van der Waals surface area contributed by atoms with Crippen LogP contribution in [0.1, 0.15) is 51.3 Å². The van der Waals surface area contributed by atoms with Gasteiger partial charge in [0.2, 0.25) is 0 Å². The lowest BCUT2D eigenvalue weighted by molar-refractivity contribution is 0.590. The highest BCUT2D eigenvalue weighted by Crippen LogP contribution is 2.59. The number of para-hydroxylation sites is 2. The van der Waals surface area contributed by atoms with E-state index in [0.717, 1.165) is 17.1 Å². The van der Waals surface area contributed by atoms with Crippen LogP contribution in [0.2, 0.25) is 0 Å². The van der Waals surface area contributed by atoms with Crippen LogP contribution in [-0.2, 0) is 10.8 Å². The van der Waals surface area contributed by atoms with Crippen LogP contribution in [-0.4, -0.2) is 11.3 Å². The molecule has 6 heteroatoms. The van der Waals surface area contributed by atoms with Crippen molar-refractivity contribution >= 4 is 97.1 Å². The van der Waals surface area contributed by atoms with E-state index in [9.17, 15) is 0 Å². The van der Waals surface area contributed by atoms with Crippen molar-refractivity contribution in [3.63, 3.8) is 0 Å². The number of aromatic nitrogens is 1. The Morgan fingerprint density at radius 1 is 0.493 bits per heavy atom. The van der Waals surface area contributed by atoms with Crippen LogP contribution in [0.5, 0.6) is 0 Å². The highest BCUT2D eigenvalue weighted by atomic mass is 32.2. The minimum atomic E-state index is -0.272. The van der Waals surface area contributed by atoms with E-state index in [0.29, 0.717) is 0 Å². The first-order valence-corrected chi connectivity index (χ1v) is 27.2. The first-order valence-electron chi connectivity index (χ1n) is 25.5. The predicted molar refractivity (Wildman–Crippen MR) is 311 cm³/mol. The fourth-order valence-electron chi connectivity index (χ4n) is 12.8. The normalized spacial score (nSPS) is 14.3. The molecule has 4 heterocycles. The molecule has 0 saturated carbocycles. The Labute approximate surface area is 436 Å². The van der Waals surface area contributed by atoms with Crippen LogP contribution < -0.4 is 20.7 Å². The van der Waals surface area contributed by atoms with Gasteiger partial charge in [-0.25, -0.2) is 0 Å². The van der Waals surface area contributed by atoms with Crippen molar-refractivity contribution < 1.29 is 0 Å². The molecule has 73 heavy (non-hydrogen) atoms. The van der Waals surface area contributed by atoms with E-state index < -0.39 is 0 Å². The highest BCUT2D eigenvalue weighted by molar-refractivity contribution is 8.05. The highest BCUT2D eigenvalue weighted by Gasteiger charge is 2.49. The number of nitrogens with zero attached hydrogens (tertiary/aromatic N) is 3. The number of hydrogen-bond donors (Lipinski definition) is 0. The summed E-state index contributed by atoms with van der Waals surface area (Å²) in [6.07, 6.45) is 0. The van der Waals surface area contributed by atoms with E-state index in [-0.39, 0.29) is 17.7 Å². The molecule has 4 aliphatic rings. The van der Waals surface area contributed by atoms with Gasteiger partial charge in [0.1, 0.15) is 0 Å². The quantitative estimate of drug-likeness (QED) is 0.159. The second kappa shape index (κ2) is 15.7. The molecule has 0 unspecified atom stereocenters. The predicted octanol–water partition coefficient (Wildman–Crippen LogP) is 17.6. The molecule has 0 bridgehead atoms. The van der Waals surface area contributed by atoms with Gasteiger partial charge >= 0.3 is 6.85 Å². The zero-order valence-corrected chi connectivity index (χ0v) is 43.1. The van der Waals surface area contributed by atoms with Crippen LogP contribution in [0.4, 0.5) is 34.1 Å². The molecule has 0 fully saturated rings. The summed E-state index contributed by atoms with van der Waals surface area (Å²) in [5, 5.41) is 3.81. The zero-order valence-electron chi connectivity index (χ0n) is 41.4. The summed E-state index contributed by atoms with van der Waals surface area (Å²) >= 11 is 3.82. The maximum absolute atomic E-state index is 2.81. The third-order valence-corrected chi connectivity index (χ3v) is 18.6. The van der Waals surface area contributed by atoms with E-state index in [4.69, 9.17) is 0 Å². The van der Waals surface area contributed by atoms with E-state index in [2.05, 4.69) is 261 Å². The summed E-state index contributed by atoms with van der Waals surface area (Å²) in [7, 11) is 0. The van der Waals surface area contributed by atoms with Crippen molar-refractivity contribution in [2.45, 2.75) is 65.0 Å². The molecule has 1 aliphatic carbocycles. The molecule has 348 valence electrons. The van der Waals surface area contributed by atoms with Gasteiger partial charge in [-0.15, -0.1) is 0 Å². The summed E-state index contributed by atoms with van der Waals surface area (Å²) in [5.74, 6) is 0. The van der Waals surface area contributed by atoms with Crippen LogP contribution in [0.25, 0.3) is 55.2 Å². The van der Waals surface area contributed by atoms with Gasteiger partial charge in [0, 0.05) is 86.7 Å². The third kappa shape index (κ3) is 6.24. The van der Waals surface area contributed by atoms with E-state index in [1.807, 2.05) is 23.5 Å². The van der Waals surface area contributed by atoms with Crippen LogP contribution in [0, 0.1) is 0 Å². The average molecular weight is 972 g/mol. The van der Waals surface area contributed by atoms with E-state index >= 15 is 0 Å². The fraction of sp³-hybridized carbons (Fsp3) is 0.104. The summed E-state index contributed by atoms with van der Waals surface area (Å²) in [6, 6.07) is 80.2. The van der Waals surface area contributed by atoms with Crippen molar-refractivity contribution in [3.8, 4) is 33.5 Å². The summed E-state index contributed by atoms with van der Waals surface area (Å²) in [5.41, 5.74) is 22.4. The molecule has 0 atom stereocenters. The smallest absolute Gasteiger partial charge is 0.333 e. The van der Waals surface area contributed by atoms with Crippen LogP contribution in [0.3, 0.4) is 0 Å². The van der Waals surface area contributed by atoms with Gasteiger partial charge in [0.05, 0.1) is 5.69 Å². The van der Waals surface area contributed by atoms with Gasteiger partial charge in [-0.2, -0.15) is 0 Å². The molecule has 3 aliphatic heterocycles. The zero-order chi connectivity index (χ0) is 48.9. The third-order valence-electron chi connectivity index (χ3n) is 16.1. The van der Waals surface area contributed by atoms with Gasteiger partial charge in [-0.3, -0.25) is 0 Å². The van der Waals surface area contributed by atoms with Crippen molar-refractivity contribution in [2.75, 3.05) is 9.80 Å². The molecular formula is C67H50BN3S2. The fourth-order valence-corrected chi connectivity index (χ4v) is 15.1. The molecule has 15 rings (SSSR count). The average Bonchev–Trinajstić information content (AvgIpc) is 3.88. The molecule has 0 spiro atoms. The molecule has 11 aromatic rings. The second-order valence-electron chi connectivity index (χ2n) is 21.7. The van der Waals surface area contributed by atoms with Gasteiger partial charge in [-0.05, 0) is 134 Å². The maximum Gasteiger partial charge on any atom is 0.333 e. The minimum absolute atomic E-state index is 0.0472. The van der Waals surface area contributed by atoms with Gasteiger partial charge in [0.25, 0.3) is 0 Å². The monoisotopic (exact) mass is 971 g/mol. The molecule has 3 nitrogen and oxygen atoms in total. The number of fused-ring (bicyclic) bond motifs is 13. The molecule has 10 aromatic carbocycles. The van der Waals surface area contributed by atoms with E-state index in [1.54, 1.807) is 0 Å². The molecule has 0 N–H and O–H groups in total. The Morgan fingerprint density at radius 2 is 1.12 bits per heavy atom. The summed E-state index contributed by atoms with van der Waals surface area (Å²) < 4.78 is 2.81. The molecule has 0 saturated heterocycles. The summed E-state index contributed by atoms with van der Waals surface area (Å²) in [4.78, 5) is 10.3. The Hall–Kier alpha value is -7.64. The first-order chi connectivity index (χ1) is 35.6. The largest absolute Gasteiger partial charge is 0.375 e. The topological polar surface area (TPSA) is 11.4 Å². The first kappa shape index (κ1) is 43.0. The van der Waals surface area contributed by atoms with Crippen LogP contribution in [0.15, 0.2) is 232 Å². The standard InChI is InChI=1S/C67H50BN3S2/c1-66(2,3)43-33-34-54(49(36-43)41-21-9-6-10-22-41)70-55-40-60-59(72-57-31-19-20-32-58(57)73-60)39-53(55)68-63-56(70)35-42-23-15-16-28-47(42)61(63)50-37-46(69(44-24-11-7-12-25-44)45-26-13-8-14-27-45)38-51-62-65(71(68)64(50)51)48-29-17-18-30-52(48)67(62,4)5/h6-40H,1-5H3. The maximum atomic E-state index is 2.81. The number of benzene rings is 10.